The number of aliphatic hydroxyl groups is 1. The Hall–Kier alpha value is -3.20. The van der Waals surface area contributed by atoms with E-state index in [-0.39, 0.29) is 0 Å². The van der Waals surface area contributed by atoms with E-state index in [1.807, 2.05) is 48.5 Å². The molecule has 0 saturated carbocycles. The number of hydrogen-bond donors (Lipinski definition) is 1. The molecule has 0 fully saturated rings. The summed E-state index contributed by atoms with van der Waals surface area (Å²) < 4.78 is 1.24. The Balaban J connectivity index is 1.82. The number of thiophene rings is 1. The molecule has 29 heavy (non-hydrogen) atoms. The van der Waals surface area contributed by atoms with Gasteiger partial charge in [-0.05, 0) is 39.8 Å². The molecule has 1 aromatic heterocycles. The summed E-state index contributed by atoms with van der Waals surface area (Å²) in [5, 5.41) is 13.4. The van der Waals surface area contributed by atoms with Crippen molar-refractivity contribution in [3.8, 4) is 10.4 Å². The Morgan fingerprint density at radius 3 is 2.07 bits per heavy atom. The van der Waals surface area contributed by atoms with Gasteiger partial charge in [0.2, 0.25) is 0 Å². The van der Waals surface area contributed by atoms with E-state index in [4.69, 9.17) is 0 Å². The van der Waals surface area contributed by atoms with Crippen molar-refractivity contribution in [1.82, 2.24) is 0 Å². The molecule has 2 heteroatoms. The normalized spacial score (nSPS) is 18.1. The smallest absolute Gasteiger partial charge is 0.142 e. The van der Waals surface area contributed by atoms with Crippen LogP contribution in [0.2, 0.25) is 0 Å². The van der Waals surface area contributed by atoms with E-state index in [0.717, 1.165) is 38.3 Å². The van der Waals surface area contributed by atoms with Crippen molar-refractivity contribution >= 4 is 27.0 Å². The van der Waals surface area contributed by atoms with E-state index < -0.39 is 5.60 Å². The quantitative estimate of drug-likeness (QED) is 0.399. The van der Waals surface area contributed by atoms with Crippen LogP contribution in [0.4, 0.5) is 0 Å². The molecule has 0 amide bonds. The minimum absolute atomic E-state index is 0.780. The van der Waals surface area contributed by atoms with Gasteiger partial charge in [-0.15, -0.1) is 11.3 Å². The van der Waals surface area contributed by atoms with Crippen LogP contribution >= 0.6 is 11.3 Å². The third kappa shape index (κ3) is 2.50. The van der Waals surface area contributed by atoms with E-state index in [0.29, 0.717) is 0 Å². The van der Waals surface area contributed by atoms with Gasteiger partial charge in [-0.2, -0.15) is 0 Å². The van der Waals surface area contributed by atoms with Crippen molar-refractivity contribution in [2.24, 2.45) is 0 Å². The molecular formula is C27H20OS. The molecule has 5 rings (SSSR count). The van der Waals surface area contributed by atoms with Crippen LogP contribution in [-0.4, -0.2) is 5.11 Å². The summed E-state index contributed by atoms with van der Waals surface area (Å²) in [5.41, 5.74) is 4.23. The summed E-state index contributed by atoms with van der Waals surface area (Å²) in [6.07, 6.45) is 3.58. The SMILES string of the molecule is C=CC1=C(C=C)[C@](O)(c2ccccc2-c2cc3ccccc3s2)c2ccccc21. The third-order valence-electron chi connectivity index (χ3n) is 5.70. The maximum atomic E-state index is 12.2. The van der Waals surface area contributed by atoms with E-state index >= 15 is 0 Å². The molecule has 4 aromatic rings. The zero-order valence-corrected chi connectivity index (χ0v) is 16.7. The topological polar surface area (TPSA) is 20.2 Å². The maximum Gasteiger partial charge on any atom is 0.142 e. The van der Waals surface area contributed by atoms with Crippen molar-refractivity contribution in [1.29, 1.82) is 0 Å². The third-order valence-corrected chi connectivity index (χ3v) is 6.85. The summed E-state index contributed by atoms with van der Waals surface area (Å²) >= 11 is 1.75. The fourth-order valence-electron chi connectivity index (χ4n) is 4.41. The number of benzene rings is 3. The molecule has 3 aromatic carbocycles. The molecule has 0 aliphatic heterocycles. The van der Waals surface area contributed by atoms with Gasteiger partial charge in [-0.1, -0.05) is 92.0 Å². The zero-order chi connectivity index (χ0) is 20.0. The van der Waals surface area contributed by atoms with Crippen molar-refractivity contribution in [3.63, 3.8) is 0 Å². The highest BCUT2D eigenvalue weighted by molar-refractivity contribution is 7.22. The molecule has 1 aliphatic rings. The second-order valence-corrected chi connectivity index (χ2v) is 8.27. The molecule has 0 unspecified atom stereocenters. The lowest BCUT2D eigenvalue weighted by Crippen LogP contribution is -2.27. The molecule has 0 saturated heterocycles. The van der Waals surface area contributed by atoms with Crippen LogP contribution in [0.5, 0.6) is 0 Å². The van der Waals surface area contributed by atoms with E-state index in [1.165, 1.54) is 10.1 Å². The molecule has 140 valence electrons. The van der Waals surface area contributed by atoms with Crippen molar-refractivity contribution in [2.45, 2.75) is 5.60 Å². The largest absolute Gasteiger partial charge is 0.376 e. The Morgan fingerprint density at radius 2 is 1.38 bits per heavy atom. The van der Waals surface area contributed by atoms with Gasteiger partial charge >= 0.3 is 0 Å². The zero-order valence-electron chi connectivity index (χ0n) is 15.9. The fourth-order valence-corrected chi connectivity index (χ4v) is 5.52. The van der Waals surface area contributed by atoms with Crippen LogP contribution in [0.25, 0.3) is 26.1 Å². The molecule has 0 bridgehead atoms. The highest BCUT2D eigenvalue weighted by atomic mass is 32.1. The second kappa shape index (κ2) is 6.70. The van der Waals surface area contributed by atoms with Crippen LogP contribution in [0.3, 0.4) is 0 Å². The second-order valence-electron chi connectivity index (χ2n) is 7.19. The summed E-state index contributed by atoms with van der Waals surface area (Å²) in [7, 11) is 0. The molecule has 1 atom stereocenters. The van der Waals surface area contributed by atoms with Crippen LogP contribution in [0.1, 0.15) is 16.7 Å². The Bertz CT molecular complexity index is 1270. The predicted octanol–water partition coefficient (Wildman–Crippen LogP) is 6.94. The van der Waals surface area contributed by atoms with Gasteiger partial charge in [-0.25, -0.2) is 0 Å². The van der Waals surface area contributed by atoms with Gasteiger partial charge in [0.1, 0.15) is 5.60 Å². The monoisotopic (exact) mass is 392 g/mol. The standard InChI is InChI=1S/C27H20OS/c1-3-19-20-12-6-8-14-23(20)27(28,22(19)4-2)24-15-9-7-13-21(24)26-17-18-11-5-10-16-25(18)29-26/h3-17,28H,1-2H2/t27-/m1/s1. The lowest BCUT2D eigenvalue weighted by atomic mass is 9.80. The fraction of sp³-hybridized carbons (Fsp3) is 0.0370. The van der Waals surface area contributed by atoms with Gasteiger partial charge in [0, 0.05) is 20.7 Å². The summed E-state index contributed by atoms with van der Waals surface area (Å²) in [4.78, 5) is 1.14. The number of fused-ring (bicyclic) bond motifs is 2. The Morgan fingerprint density at radius 1 is 0.759 bits per heavy atom. The highest BCUT2D eigenvalue weighted by Gasteiger charge is 2.44. The number of hydrogen-bond acceptors (Lipinski definition) is 2. The summed E-state index contributed by atoms with van der Waals surface area (Å²) in [6.45, 7) is 8.01. The maximum absolute atomic E-state index is 12.2. The van der Waals surface area contributed by atoms with Crippen molar-refractivity contribution < 1.29 is 5.11 Å². The van der Waals surface area contributed by atoms with Crippen LogP contribution in [-0.2, 0) is 5.60 Å². The minimum Gasteiger partial charge on any atom is -0.376 e. The molecule has 1 aliphatic carbocycles. The minimum atomic E-state index is -1.27. The highest BCUT2D eigenvalue weighted by Crippen LogP contribution is 2.52. The first-order valence-electron chi connectivity index (χ1n) is 9.59. The first-order valence-corrected chi connectivity index (χ1v) is 10.4. The van der Waals surface area contributed by atoms with Crippen LogP contribution < -0.4 is 0 Å². The Kier molecular flexibility index (Phi) is 4.13. The van der Waals surface area contributed by atoms with Gasteiger partial charge in [-0.3, -0.25) is 0 Å². The summed E-state index contributed by atoms with van der Waals surface area (Å²) in [6, 6.07) is 26.7. The van der Waals surface area contributed by atoms with Gasteiger partial charge in [0.15, 0.2) is 0 Å². The average Bonchev–Trinajstić information content (AvgIpc) is 3.31. The van der Waals surface area contributed by atoms with E-state index in [1.54, 1.807) is 17.4 Å². The molecule has 1 nitrogen and oxygen atoms in total. The van der Waals surface area contributed by atoms with Crippen molar-refractivity contribution in [2.75, 3.05) is 0 Å². The Labute approximate surface area is 174 Å². The number of allylic oxidation sites excluding steroid dienone is 2. The van der Waals surface area contributed by atoms with Crippen LogP contribution in [0, 0.1) is 0 Å². The molecule has 0 spiro atoms. The first-order chi connectivity index (χ1) is 14.2. The molecule has 1 N–H and O–H groups in total. The van der Waals surface area contributed by atoms with E-state index in [2.05, 4.69) is 49.6 Å². The van der Waals surface area contributed by atoms with Gasteiger partial charge in [0.05, 0.1) is 0 Å². The first kappa shape index (κ1) is 17.9. The number of rotatable bonds is 4. The molecule has 0 radical (unpaired) electrons. The summed E-state index contributed by atoms with van der Waals surface area (Å²) in [5.74, 6) is 0. The lowest BCUT2D eigenvalue weighted by molar-refractivity contribution is 0.129. The van der Waals surface area contributed by atoms with Gasteiger partial charge in [0.25, 0.3) is 0 Å². The van der Waals surface area contributed by atoms with E-state index in [9.17, 15) is 5.11 Å². The van der Waals surface area contributed by atoms with Crippen molar-refractivity contribution in [3.05, 3.63) is 126 Å². The molecular weight excluding hydrogens is 372 g/mol. The average molecular weight is 393 g/mol. The van der Waals surface area contributed by atoms with Crippen LogP contribution in [0.15, 0.2) is 110 Å². The lowest BCUT2D eigenvalue weighted by Gasteiger charge is -2.29. The van der Waals surface area contributed by atoms with Gasteiger partial charge < -0.3 is 5.11 Å². The predicted molar refractivity (Wildman–Crippen MR) is 124 cm³/mol. The molecule has 1 heterocycles.